The van der Waals surface area contributed by atoms with Crippen LogP contribution < -0.4 is 5.32 Å². The van der Waals surface area contributed by atoms with E-state index in [9.17, 15) is 8.78 Å². The predicted molar refractivity (Wildman–Crippen MR) is 78.5 cm³/mol. The molecule has 0 aliphatic heterocycles. The van der Waals surface area contributed by atoms with Crippen LogP contribution >= 0.6 is 11.3 Å². The zero-order valence-corrected chi connectivity index (χ0v) is 12.4. The van der Waals surface area contributed by atoms with E-state index in [4.69, 9.17) is 4.98 Å². The van der Waals surface area contributed by atoms with Crippen LogP contribution in [0, 0.1) is 11.6 Å². The number of aryl methyl sites for hydroxylation is 2. The number of nitrogens with zero attached hydrogens (tertiary/aromatic N) is 1. The maximum atomic E-state index is 13.6. The summed E-state index contributed by atoms with van der Waals surface area (Å²) in [4.78, 5) is 6.10. The van der Waals surface area contributed by atoms with Crippen LogP contribution in [0.2, 0.25) is 0 Å². The summed E-state index contributed by atoms with van der Waals surface area (Å²) in [5.74, 6) is -1.59. The quantitative estimate of drug-likeness (QED) is 0.930. The molecule has 1 aromatic carbocycles. The van der Waals surface area contributed by atoms with Gasteiger partial charge in [-0.05, 0) is 49.8 Å². The van der Waals surface area contributed by atoms with Crippen molar-refractivity contribution in [3.05, 3.63) is 51.0 Å². The fraction of sp³-hybridized carbons (Fsp3) is 0.438. The van der Waals surface area contributed by atoms with Crippen LogP contribution in [-0.2, 0) is 12.8 Å². The molecule has 1 N–H and O–H groups in total. The summed E-state index contributed by atoms with van der Waals surface area (Å²) in [5.41, 5.74) is 1.95. The molecular formula is C16H16F2N2S. The third kappa shape index (κ3) is 2.60. The highest BCUT2D eigenvalue weighted by atomic mass is 32.1. The second-order valence-corrected chi connectivity index (χ2v) is 6.94. The third-order valence-corrected chi connectivity index (χ3v) is 5.34. The highest BCUT2D eigenvalue weighted by molar-refractivity contribution is 7.11. The number of aromatic nitrogens is 1. The van der Waals surface area contributed by atoms with Gasteiger partial charge in [-0.15, -0.1) is 11.3 Å². The van der Waals surface area contributed by atoms with Crippen molar-refractivity contribution in [3.63, 3.8) is 0 Å². The molecule has 1 aromatic heterocycles. The molecule has 110 valence electrons. The second-order valence-electron chi connectivity index (χ2n) is 5.82. The van der Waals surface area contributed by atoms with Crippen LogP contribution in [0.4, 0.5) is 8.78 Å². The number of hydrogen-bond donors (Lipinski definition) is 1. The Hall–Kier alpha value is -1.33. The molecule has 1 heterocycles. The summed E-state index contributed by atoms with van der Waals surface area (Å²) >= 11 is 1.71. The molecule has 21 heavy (non-hydrogen) atoms. The van der Waals surface area contributed by atoms with Crippen molar-refractivity contribution in [2.24, 2.45) is 0 Å². The first-order chi connectivity index (χ1) is 10.2. The van der Waals surface area contributed by atoms with Gasteiger partial charge in [-0.25, -0.2) is 13.8 Å². The Balaban J connectivity index is 1.70. The van der Waals surface area contributed by atoms with Gasteiger partial charge in [0.1, 0.15) is 5.01 Å². The molecule has 2 aliphatic rings. The van der Waals surface area contributed by atoms with Crippen molar-refractivity contribution in [1.82, 2.24) is 10.3 Å². The van der Waals surface area contributed by atoms with Crippen LogP contribution in [-0.4, -0.2) is 11.0 Å². The summed E-state index contributed by atoms with van der Waals surface area (Å²) in [5, 5.41) is 4.50. The van der Waals surface area contributed by atoms with Crippen molar-refractivity contribution in [2.75, 3.05) is 0 Å². The van der Waals surface area contributed by atoms with Gasteiger partial charge >= 0.3 is 0 Å². The first-order valence-electron chi connectivity index (χ1n) is 7.40. The van der Waals surface area contributed by atoms with Gasteiger partial charge in [0.2, 0.25) is 0 Å². The fourth-order valence-electron chi connectivity index (χ4n) is 2.82. The van der Waals surface area contributed by atoms with E-state index in [-0.39, 0.29) is 6.04 Å². The molecule has 1 unspecified atom stereocenters. The maximum absolute atomic E-state index is 13.6. The Morgan fingerprint density at radius 3 is 2.76 bits per heavy atom. The van der Waals surface area contributed by atoms with Gasteiger partial charge < -0.3 is 5.32 Å². The average molecular weight is 306 g/mol. The minimum absolute atomic E-state index is 0.122. The van der Waals surface area contributed by atoms with Gasteiger partial charge in [-0.2, -0.15) is 0 Å². The summed E-state index contributed by atoms with van der Waals surface area (Å²) in [6, 6.07) is 4.51. The third-order valence-electron chi connectivity index (χ3n) is 4.12. The smallest absolute Gasteiger partial charge is 0.159 e. The van der Waals surface area contributed by atoms with Crippen molar-refractivity contribution >= 4 is 11.3 Å². The molecule has 2 nitrogen and oxygen atoms in total. The van der Waals surface area contributed by atoms with Gasteiger partial charge in [0.15, 0.2) is 11.6 Å². The number of fused-ring (bicyclic) bond motifs is 1. The predicted octanol–water partition coefficient (Wildman–Crippen LogP) is 3.75. The Morgan fingerprint density at radius 1 is 1.19 bits per heavy atom. The summed E-state index contributed by atoms with van der Waals surface area (Å²) in [7, 11) is 0. The number of benzene rings is 1. The Kier molecular flexibility index (Phi) is 3.27. The molecule has 1 fully saturated rings. The van der Waals surface area contributed by atoms with Crippen molar-refractivity contribution in [2.45, 2.75) is 44.2 Å². The van der Waals surface area contributed by atoms with Crippen molar-refractivity contribution in [1.29, 1.82) is 0 Å². The molecule has 0 amide bonds. The Morgan fingerprint density at radius 2 is 2.05 bits per heavy atom. The van der Waals surface area contributed by atoms with E-state index in [1.165, 1.54) is 29.1 Å². The lowest BCUT2D eigenvalue weighted by molar-refractivity contribution is 0.502. The number of rotatable bonds is 4. The van der Waals surface area contributed by atoms with Crippen LogP contribution in [0.1, 0.15) is 46.4 Å². The molecule has 2 aliphatic carbocycles. The number of nitrogens with one attached hydrogen (secondary N) is 1. The van der Waals surface area contributed by atoms with E-state index < -0.39 is 11.6 Å². The molecule has 0 radical (unpaired) electrons. The SMILES string of the molecule is Fc1ccc(C(NC2CC2)c2nc3c(s2)CCC3)cc1F. The zero-order valence-electron chi connectivity index (χ0n) is 11.5. The zero-order chi connectivity index (χ0) is 14.4. The van der Waals surface area contributed by atoms with Gasteiger partial charge in [-0.3, -0.25) is 0 Å². The molecule has 1 atom stereocenters. The first-order valence-corrected chi connectivity index (χ1v) is 8.22. The van der Waals surface area contributed by atoms with Crippen molar-refractivity contribution < 1.29 is 8.78 Å². The summed E-state index contributed by atoms with van der Waals surface area (Å²) < 4.78 is 26.7. The molecule has 2 aromatic rings. The standard InChI is InChI=1S/C16H16F2N2S/c17-11-7-4-9(8-12(11)18)15(19-10-5-6-10)16-20-13-2-1-3-14(13)21-16/h4,7-8,10,15,19H,1-3,5-6H2. The van der Waals surface area contributed by atoms with Crippen LogP contribution in [0.3, 0.4) is 0 Å². The largest absolute Gasteiger partial charge is 0.301 e. The highest BCUT2D eigenvalue weighted by Crippen LogP contribution is 2.35. The average Bonchev–Trinajstić information content (AvgIpc) is 3.03. The molecule has 1 saturated carbocycles. The molecule has 0 bridgehead atoms. The molecule has 4 rings (SSSR count). The minimum atomic E-state index is -0.800. The molecule has 5 heteroatoms. The minimum Gasteiger partial charge on any atom is -0.301 e. The van der Waals surface area contributed by atoms with E-state index in [0.29, 0.717) is 6.04 Å². The number of halogens is 2. The lowest BCUT2D eigenvalue weighted by Gasteiger charge is -2.17. The van der Waals surface area contributed by atoms with Crippen LogP contribution in [0.15, 0.2) is 18.2 Å². The van der Waals surface area contributed by atoms with E-state index in [0.717, 1.165) is 36.3 Å². The van der Waals surface area contributed by atoms with Crippen LogP contribution in [0.5, 0.6) is 0 Å². The lowest BCUT2D eigenvalue weighted by Crippen LogP contribution is -2.24. The van der Waals surface area contributed by atoms with E-state index in [2.05, 4.69) is 5.32 Å². The second kappa shape index (κ2) is 5.14. The van der Waals surface area contributed by atoms with Gasteiger partial charge in [0.25, 0.3) is 0 Å². The highest BCUT2D eigenvalue weighted by Gasteiger charge is 2.30. The molecule has 0 saturated heterocycles. The lowest BCUT2D eigenvalue weighted by atomic mass is 10.1. The number of hydrogen-bond acceptors (Lipinski definition) is 3. The Labute approximate surface area is 126 Å². The summed E-state index contributed by atoms with van der Waals surface area (Å²) in [6.45, 7) is 0. The number of thiazole rings is 1. The van der Waals surface area contributed by atoms with E-state index in [1.807, 2.05) is 0 Å². The maximum Gasteiger partial charge on any atom is 0.159 e. The van der Waals surface area contributed by atoms with E-state index >= 15 is 0 Å². The van der Waals surface area contributed by atoms with Gasteiger partial charge in [0.05, 0.1) is 11.7 Å². The molecular weight excluding hydrogens is 290 g/mol. The first kappa shape index (κ1) is 13.3. The Bertz CT molecular complexity index is 657. The fourth-order valence-corrected chi connectivity index (χ4v) is 4.06. The van der Waals surface area contributed by atoms with Crippen molar-refractivity contribution in [3.8, 4) is 0 Å². The normalized spacial score (nSPS) is 18.8. The van der Waals surface area contributed by atoms with E-state index in [1.54, 1.807) is 17.4 Å². The molecule has 0 spiro atoms. The summed E-state index contributed by atoms with van der Waals surface area (Å²) in [6.07, 6.45) is 5.61. The monoisotopic (exact) mass is 306 g/mol. The van der Waals surface area contributed by atoms with Gasteiger partial charge in [-0.1, -0.05) is 6.07 Å². The van der Waals surface area contributed by atoms with Crippen LogP contribution in [0.25, 0.3) is 0 Å². The van der Waals surface area contributed by atoms with Gasteiger partial charge in [0, 0.05) is 10.9 Å². The topological polar surface area (TPSA) is 24.9 Å².